The molecule has 13 heavy (non-hydrogen) atoms. The molecule has 0 heterocycles. The molecule has 1 aromatic carbocycles. The van der Waals surface area contributed by atoms with E-state index in [1.807, 2.05) is 0 Å². The van der Waals surface area contributed by atoms with E-state index in [0.29, 0.717) is 11.3 Å². The van der Waals surface area contributed by atoms with E-state index < -0.39 is 6.10 Å². The SMILES string of the molecule is C=CC(O)c1ccc(OC)c(O)c1. The van der Waals surface area contributed by atoms with Crippen LogP contribution in [0.4, 0.5) is 0 Å². The van der Waals surface area contributed by atoms with Crippen LogP contribution in [0.15, 0.2) is 30.9 Å². The molecule has 2 N–H and O–H groups in total. The first kappa shape index (κ1) is 9.61. The molecule has 0 aliphatic heterocycles. The summed E-state index contributed by atoms with van der Waals surface area (Å²) in [5, 5.41) is 18.7. The molecule has 0 aliphatic rings. The van der Waals surface area contributed by atoms with E-state index in [1.165, 1.54) is 19.3 Å². The molecule has 3 nitrogen and oxygen atoms in total. The third-order valence-corrected chi connectivity index (χ3v) is 1.77. The van der Waals surface area contributed by atoms with Crippen LogP contribution in [0.1, 0.15) is 11.7 Å². The van der Waals surface area contributed by atoms with Crippen LogP contribution in [0, 0.1) is 0 Å². The Balaban J connectivity index is 3.02. The number of hydrogen-bond acceptors (Lipinski definition) is 3. The maximum Gasteiger partial charge on any atom is 0.160 e. The predicted molar refractivity (Wildman–Crippen MR) is 49.8 cm³/mol. The number of aliphatic hydroxyl groups is 1. The van der Waals surface area contributed by atoms with Crippen molar-refractivity contribution in [2.45, 2.75) is 6.10 Å². The minimum atomic E-state index is -0.753. The van der Waals surface area contributed by atoms with E-state index in [-0.39, 0.29) is 5.75 Å². The van der Waals surface area contributed by atoms with Crippen LogP contribution in [0.2, 0.25) is 0 Å². The van der Waals surface area contributed by atoms with Gasteiger partial charge in [0.15, 0.2) is 11.5 Å². The molecule has 1 rings (SSSR count). The van der Waals surface area contributed by atoms with Crippen molar-refractivity contribution in [2.24, 2.45) is 0 Å². The zero-order chi connectivity index (χ0) is 9.84. The summed E-state index contributed by atoms with van der Waals surface area (Å²) >= 11 is 0. The molecule has 0 bridgehead atoms. The molecule has 0 saturated heterocycles. The number of methoxy groups -OCH3 is 1. The van der Waals surface area contributed by atoms with Gasteiger partial charge in [-0.2, -0.15) is 0 Å². The number of aromatic hydroxyl groups is 1. The van der Waals surface area contributed by atoms with Crippen molar-refractivity contribution >= 4 is 0 Å². The van der Waals surface area contributed by atoms with Gasteiger partial charge in [-0.3, -0.25) is 0 Å². The Labute approximate surface area is 76.9 Å². The van der Waals surface area contributed by atoms with Crippen molar-refractivity contribution in [2.75, 3.05) is 7.11 Å². The third kappa shape index (κ3) is 2.00. The average Bonchev–Trinajstić information content (AvgIpc) is 2.16. The quantitative estimate of drug-likeness (QED) is 0.695. The van der Waals surface area contributed by atoms with Gasteiger partial charge in [0.1, 0.15) is 0 Å². The summed E-state index contributed by atoms with van der Waals surface area (Å²) in [6, 6.07) is 4.72. The van der Waals surface area contributed by atoms with Gasteiger partial charge in [-0.25, -0.2) is 0 Å². The van der Waals surface area contributed by atoms with Crippen LogP contribution in [-0.2, 0) is 0 Å². The second-order valence-electron chi connectivity index (χ2n) is 2.61. The maximum atomic E-state index is 9.37. The number of ether oxygens (including phenoxy) is 1. The number of rotatable bonds is 3. The highest BCUT2D eigenvalue weighted by molar-refractivity contribution is 5.42. The second-order valence-corrected chi connectivity index (χ2v) is 2.61. The van der Waals surface area contributed by atoms with E-state index in [2.05, 4.69) is 6.58 Å². The zero-order valence-corrected chi connectivity index (χ0v) is 7.40. The number of aliphatic hydroxyl groups excluding tert-OH is 1. The minimum Gasteiger partial charge on any atom is -0.504 e. The number of phenols is 1. The van der Waals surface area contributed by atoms with Gasteiger partial charge >= 0.3 is 0 Å². The van der Waals surface area contributed by atoms with Gasteiger partial charge < -0.3 is 14.9 Å². The fourth-order valence-corrected chi connectivity index (χ4v) is 1.03. The number of hydrogen-bond donors (Lipinski definition) is 2. The van der Waals surface area contributed by atoms with E-state index in [4.69, 9.17) is 4.74 Å². The summed E-state index contributed by atoms with van der Waals surface area (Å²) in [4.78, 5) is 0. The molecule has 70 valence electrons. The molecule has 1 unspecified atom stereocenters. The molecule has 0 aromatic heterocycles. The van der Waals surface area contributed by atoms with Gasteiger partial charge in [0.05, 0.1) is 13.2 Å². The highest BCUT2D eigenvalue weighted by Gasteiger charge is 2.06. The van der Waals surface area contributed by atoms with Crippen molar-refractivity contribution < 1.29 is 14.9 Å². The van der Waals surface area contributed by atoms with Gasteiger partial charge in [0.2, 0.25) is 0 Å². The molecule has 1 aromatic rings. The molecule has 0 amide bonds. The van der Waals surface area contributed by atoms with Crippen molar-refractivity contribution in [3.05, 3.63) is 36.4 Å². The molecule has 0 radical (unpaired) electrons. The van der Waals surface area contributed by atoms with E-state index in [1.54, 1.807) is 12.1 Å². The molecule has 0 spiro atoms. The Morgan fingerprint density at radius 1 is 1.54 bits per heavy atom. The molecule has 0 saturated carbocycles. The van der Waals surface area contributed by atoms with Crippen LogP contribution < -0.4 is 4.74 Å². The Kier molecular flexibility index (Phi) is 2.93. The zero-order valence-electron chi connectivity index (χ0n) is 7.40. The van der Waals surface area contributed by atoms with Crippen molar-refractivity contribution in [3.63, 3.8) is 0 Å². The first-order chi connectivity index (χ1) is 6.19. The van der Waals surface area contributed by atoms with Crippen LogP contribution in [0.25, 0.3) is 0 Å². The first-order valence-electron chi connectivity index (χ1n) is 3.86. The van der Waals surface area contributed by atoms with Crippen LogP contribution in [0.3, 0.4) is 0 Å². The van der Waals surface area contributed by atoms with Gasteiger partial charge in [0.25, 0.3) is 0 Å². The molecular weight excluding hydrogens is 168 g/mol. The molecular formula is C10H12O3. The second kappa shape index (κ2) is 3.96. The molecule has 1 atom stereocenters. The average molecular weight is 180 g/mol. The molecule has 3 heteroatoms. The Morgan fingerprint density at radius 3 is 2.69 bits per heavy atom. The van der Waals surface area contributed by atoms with Crippen LogP contribution in [0.5, 0.6) is 11.5 Å². The number of phenolic OH excluding ortho intramolecular Hbond substituents is 1. The van der Waals surface area contributed by atoms with Crippen LogP contribution >= 0.6 is 0 Å². The lowest BCUT2D eigenvalue weighted by Gasteiger charge is -2.08. The molecule has 0 aliphatic carbocycles. The predicted octanol–water partition coefficient (Wildman–Crippen LogP) is 1.62. The summed E-state index contributed by atoms with van der Waals surface area (Å²) < 4.78 is 4.86. The van der Waals surface area contributed by atoms with Gasteiger partial charge in [-0.05, 0) is 17.7 Å². The summed E-state index contributed by atoms with van der Waals surface area (Å²) in [6.07, 6.45) is 0.637. The lowest BCUT2D eigenvalue weighted by molar-refractivity contribution is 0.228. The van der Waals surface area contributed by atoms with Gasteiger partial charge in [0, 0.05) is 0 Å². The minimum absolute atomic E-state index is 0.0147. The normalized spacial score (nSPS) is 12.2. The monoisotopic (exact) mass is 180 g/mol. The third-order valence-electron chi connectivity index (χ3n) is 1.77. The lowest BCUT2D eigenvalue weighted by Crippen LogP contribution is -1.92. The van der Waals surface area contributed by atoms with Crippen molar-refractivity contribution in [3.8, 4) is 11.5 Å². The van der Waals surface area contributed by atoms with Crippen LogP contribution in [-0.4, -0.2) is 17.3 Å². The van der Waals surface area contributed by atoms with E-state index in [0.717, 1.165) is 0 Å². The first-order valence-corrected chi connectivity index (χ1v) is 3.86. The van der Waals surface area contributed by atoms with Gasteiger partial charge in [-0.15, -0.1) is 6.58 Å². The van der Waals surface area contributed by atoms with E-state index in [9.17, 15) is 10.2 Å². The van der Waals surface area contributed by atoms with Crippen molar-refractivity contribution in [1.82, 2.24) is 0 Å². The Morgan fingerprint density at radius 2 is 2.23 bits per heavy atom. The lowest BCUT2D eigenvalue weighted by atomic mass is 10.1. The summed E-state index contributed by atoms with van der Waals surface area (Å²) in [7, 11) is 1.47. The highest BCUT2D eigenvalue weighted by Crippen LogP contribution is 2.28. The fourth-order valence-electron chi connectivity index (χ4n) is 1.03. The standard InChI is InChI=1S/C10H12O3/c1-3-8(11)7-4-5-10(13-2)9(12)6-7/h3-6,8,11-12H,1H2,2H3. The Hall–Kier alpha value is -1.48. The summed E-state index contributed by atoms with van der Waals surface area (Å²) in [6.45, 7) is 3.45. The Bertz CT molecular complexity index is 307. The van der Waals surface area contributed by atoms with Gasteiger partial charge in [-0.1, -0.05) is 12.1 Å². The maximum absolute atomic E-state index is 9.37. The smallest absolute Gasteiger partial charge is 0.160 e. The number of benzene rings is 1. The summed E-state index contributed by atoms with van der Waals surface area (Å²) in [5.74, 6) is 0.404. The fraction of sp³-hybridized carbons (Fsp3) is 0.200. The summed E-state index contributed by atoms with van der Waals surface area (Å²) in [5.41, 5.74) is 0.591. The molecule has 0 fully saturated rings. The highest BCUT2D eigenvalue weighted by atomic mass is 16.5. The largest absolute Gasteiger partial charge is 0.504 e. The van der Waals surface area contributed by atoms with Crippen molar-refractivity contribution in [1.29, 1.82) is 0 Å². The topological polar surface area (TPSA) is 49.7 Å². The van der Waals surface area contributed by atoms with E-state index >= 15 is 0 Å².